The molecule has 1 aliphatic heterocycles. The number of aliphatic hydroxyl groups is 1. The van der Waals surface area contributed by atoms with Gasteiger partial charge >= 0.3 is 0 Å². The third-order valence-corrected chi connectivity index (χ3v) is 9.23. The van der Waals surface area contributed by atoms with Gasteiger partial charge in [0.25, 0.3) is 0 Å². The van der Waals surface area contributed by atoms with Crippen LogP contribution in [-0.2, 0) is 7.05 Å². The first kappa shape index (κ1) is 23.3. The van der Waals surface area contributed by atoms with Gasteiger partial charge in [-0.1, -0.05) is 11.6 Å². The number of nitrogens with zero attached hydrogens (tertiary/aromatic N) is 4. The largest absolute Gasteiger partial charge is 0.390 e. The Morgan fingerprint density at radius 3 is 2.45 bits per heavy atom. The molecule has 0 aromatic carbocycles. The summed E-state index contributed by atoms with van der Waals surface area (Å²) in [6.07, 6.45) is 6.98. The van der Waals surface area contributed by atoms with Crippen LogP contribution in [0.3, 0.4) is 0 Å². The number of Topliss-reactive ketones (excluding diaryl/α,β-unsaturated/α-hetero) is 1. The Bertz CT molecular complexity index is 932. The summed E-state index contributed by atoms with van der Waals surface area (Å²) in [6, 6.07) is 0.202. The number of hydrogen-bond acceptors (Lipinski definition) is 5. The van der Waals surface area contributed by atoms with Crippen molar-refractivity contribution in [1.82, 2.24) is 14.7 Å². The first-order valence-electron chi connectivity index (χ1n) is 12.2. The minimum atomic E-state index is -0.489. The summed E-state index contributed by atoms with van der Waals surface area (Å²) in [5.74, 6) is 2.45. The number of piperidine rings is 1. The summed E-state index contributed by atoms with van der Waals surface area (Å²) in [7, 11) is 10.3. The Labute approximate surface area is 202 Å². The van der Waals surface area contributed by atoms with Crippen molar-refractivity contribution in [2.75, 3.05) is 25.0 Å². The fraction of sp³-hybridized carbons (Fsp3) is 0.783. The molecule has 2 atom stereocenters. The molecule has 2 unspecified atom stereocenters. The molecule has 0 spiro atoms. The summed E-state index contributed by atoms with van der Waals surface area (Å²) in [6.45, 7) is 1.28. The third kappa shape index (κ3) is 4.13. The van der Waals surface area contributed by atoms with Crippen LogP contribution in [0.15, 0.2) is 0 Å². The summed E-state index contributed by atoms with van der Waals surface area (Å²) < 4.78 is 1.71. The smallest absolute Gasteiger partial charge is 0.184 e. The molecule has 6 rings (SSSR count). The minimum Gasteiger partial charge on any atom is -0.390 e. The number of halogens is 1. The summed E-state index contributed by atoms with van der Waals surface area (Å²) in [5, 5.41) is 15.8. The highest BCUT2D eigenvalue weighted by Gasteiger charge is 2.55. The zero-order valence-electron chi connectivity index (χ0n) is 19.5. The number of carbonyl (C=O) groups is 2. The maximum absolute atomic E-state index is 13.4. The van der Waals surface area contributed by atoms with Crippen LogP contribution in [0.5, 0.6) is 0 Å². The predicted molar refractivity (Wildman–Crippen MR) is 129 cm³/mol. The molecule has 1 saturated heterocycles. The molecule has 2 heterocycles. The van der Waals surface area contributed by atoms with Crippen molar-refractivity contribution in [3.8, 4) is 0 Å². The van der Waals surface area contributed by atoms with E-state index in [9.17, 15) is 14.7 Å². The van der Waals surface area contributed by atoms with Crippen LogP contribution in [0.25, 0.3) is 0 Å². The second kappa shape index (κ2) is 8.63. The molecule has 5 fully saturated rings. The van der Waals surface area contributed by atoms with Crippen molar-refractivity contribution < 1.29 is 14.7 Å². The molecule has 4 aliphatic carbocycles. The Morgan fingerprint density at radius 2 is 1.88 bits per heavy atom. The van der Waals surface area contributed by atoms with E-state index in [0.29, 0.717) is 53.9 Å². The predicted octanol–water partition coefficient (Wildman–Crippen LogP) is 2.64. The number of aromatic nitrogens is 2. The van der Waals surface area contributed by atoms with Crippen molar-refractivity contribution in [1.29, 1.82) is 0 Å². The number of ketones is 1. The van der Waals surface area contributed by atoms with Gasteiger partial charge in [-0.25, -0.2) is 0 Å². The highest BCUT2D eigenvalue weighted by atomic mass is 35.5. The van der Waals surface area contributed by atoms with Crippen molar-refractivity contribution in [2.24, 2.45) is 30.7 Å². The van der Waals surface area contributed by atoms with Crippen LogP contribution in [0.2, 0.25) is 5.02 Å². The minimum absolute atomic E-state index is 0.0126. The van der Waals surface area contributed by atoms with Gasteiger partial charge < -0.3 is 14.9 Å². The molecule has 5 aliphatic rings. The van der Waals surface area contributed by atoms with Crippen molar-refractivity contribution in [3.05, 3.63) is 10.7 Å². The van der Waals surface area contributed by atoms with Gasteiger partial charge in [-0.15, -0.1) is 0 Å². The van der Waals surface area contributed by atoms with Crippen LogP contribution < -0.4 is 4.90 Å². The summed E-state index contributed by atoms with van der Waals surface area (Å²) in [5.41, 5.74) is -0.129. The van der Waals surface area contributed by atoms with Gasteiger partial charge in [-0.3, -0.25) is 14.3 Å². The molecular weight excluding hydrogens is 437 g/mol. The molecule has 1 amide bonds. The highest BCUT2D eigenvalue weighted by molar-refractivity contribution is 7.07. The van der Waals surface area contributed by atoms with Gasteiger partial charge in [0.1, 0.15) is 16.5 Å². The second-order valence-corrected chi connectivity index (χ2v) is 11.3. The molecule has 33 heavy (non-hydrogen) atoms. The van der Waals surface area contributed by atoms with E-state index < -0.39 is 5.60 Å². The van der Waals surface area contributed by atoms with E-state index >= 15 is 0 Å². The lowest BCUT2D eigenvalue weighted by Crippen LogP contribution is -2.54. The number of hydrogen-bond donors (Lipinski definition) is 1. The maximum atomic E-state index is 13.4. The number of carbonyl (C=O) groups excluding carboxylic acids is 2. The van der Waals surface area contributed by atoms with E-state index in [4.69, 9.17) is 19.3 Å². The van der Waals surface area contributed by atoms with E-state index in [0.717, 1.165) is 57.9 Å². The molecule has 1 N–H and O–H groups in total. The zero-order chi connectivity index (χ0) is 23.5. The molecule has 10 heteroatoms. The Kier molecular flexibility index (Phi) is 6.09. The average Bonchev–Trinajstić information content (AvgIpc) is 3.08. The number of amides is 1. The van der Waals surface area contributed by atoms with E-state index in [2.05, 4.69) is 10.00 Å². The van der Waals surface area contributed by atoms with Crippen LogP contribution in [0.4, 0.5) is 10.6 Å². The van der Waals surface area contributed by atoms with Crippen LogP contribution in [-0.4, -0.2) is 78.1 Å². The van der Waals surface area contributed by atoms with E-state index in [1.165, 1.54) is 0 Å². The Balaban J connectivity index is 1.27. The van der Waals surface area contributed by atoms with Gasteiger partial charge in [0.15, 0.2) is 18.8 Å². The molecule has 7 nitrogen and oxygen atoms in total. The quantitative estimate of drug-likeness (QED) is 0.512. The first-order valence-corrected chi connectivity index (χ1v) is 12.6. The zero-order valence-corrected chi connectivity index (χ0v) is 20.3. The fourth-order valence-electron chi connectivity index (χ4n) is 7.53. The molecule has 175 valence electrons. The molecule has 4 bridgehead atoms. The first-order chi connectivity index (χ1) is 15.7. The maximum Gasteiger partial charge on any atom is 0.184 e. The molecule has 1 aromatic heterocycles. The molecule has 1 aromatic rings. The van der Waals surface area contributed by atoms with Crippen molar-refractivity contribution >= 4 is 43.9 Å². The fourth-order valence-corrected chi connectivity index (χ4v) is 7.93. The number of rotatable bonds is 6. The van der Waals surface area contributed by atoms with Crippen LogP contribution in [0.1, 0.15) is 61.9 Å². The number of aryl methyl sites for hydroxylation is 1. The van der Waals surface area contributed by atoms with Crippen molar-refractivity contribution in [3.63, 3.8) is 0 Å². The third-order valence-electron chi connectivity index (χ3n) is 8.88. The van der Waals surface area contributed by atoms with Crippen molar-refractivity contribution in [2.45, 2.75) is 63.0 Å². The molecule has 3 radical (unpaired) electrons. The lowest BCUT2D eigenvalue weighted by Gasteiger charge is -2.58. The lowest BCUT2D eigenvalue weighted by atomic mass is 9.49. The van der Waals surface area contributed by atoms with E-state index in [1.807, 2.05) is 14.1 Å². The average molecular weight is 470 g/mol. The topological polar surface area (TPSA) is 78.7 Å². The molecular formula is C23H32B2ClN4O3. The summed E-state index contributed by atoms with van der Waals surface area (Å²) in [4.78, 5) is 29.0. The lowest BCUT2D eigenvalue weighted by molar-refractivity contribution is -0.151. The van der Waals surface area contributed by atoms with E-state index in [1.54, 1.807) is 9.58 Å². The van der Waals surface area contributed by atoms with E-state index in [-0.39, 0.29) is 17.6 Å². The standard InChI is InChI=1S/C23H32B2ClN4O3/c1-28(16-3-5-30(6-4-16)22(32)25-24)21-19(26)20(27-29(21)2)18(31)9-17-14-7-13-8-15(17)12-23(33,10-13)11-14/h13-17,33H,3-12H2,1-2H3. The normalized spacial score (nSPS) is 33.4. The molecule has 4 saturated carbocycles. The Morgan fingerprint density at radius 1 is 1.24 bits per heavy atom. The van der Waals surface area contributed by atoms with Gasteiger partial charge in [0.2, 0.25) is 0 Å². The monoisotopic (exact) mass is 469 g/mol. The van der Waals surface area contributed by atoms with Gasteiger partial charge in [0.05, 0.1) is 5.60 Å². The van der Waals surface area contributed by atoms with Gasteiger partial charge in [-0.2, -0.15) is 5.10 Å². The van der Waals surface area contributed by atoms with Gasteiger partial charge in [-0.05, 0) is 68.6 Å². The van der Waals surface area contributed by atoms with Crippen LogP contribution in [0, 0.1) is 23.7 Å². The number of anilines is 1. The number of likely N-dealkylation sites (tertiary alicyclic amines) is 1. The second-order valence-electron chi connectivity index (χ2n) is 10.9. The Hall–Kier alpha value is -1.47. The van der Waals surface area contributed by atoms with Crippen LogP contribution >= 0.6 is 11.6 Å². The SMILES string of the molecule is [B][B]C(=O)N1CCC(N(C)c2c(Cl)c(C(=O)CC3C4CC5CC3CC(O)(C5)C4)nn2C)CC1. The highest BCUT2D eigenvalue weighted by Crippen LogP contribution is 2.59. The van der Waals surface area contributed by atoms with Gasteiger partial charge in [0, 0.05) is 47.4 Å². The summed E-state index contributed by atoms with van der Waals surface area (Å²) >= 11 is 6.76.